The Kier molecular flexibility index (Phi) is 6.94. The van der Waals surface area contributed by atoms with Crippen molar-refractivity contribution in [2.24, 2.45) is 5.73 Å². The standard InChI is InChI=1S/C15H26N2O/c1-3-14(9-10-18)17-15(11-16)12(2)13-7-5-4-6-8-13/h4-8,12,14-15,17-18H,3,9-11,16H2,1-2H3. The fraction of sp³-hybridized carbons (Fsp3) is 0.600. The molecule has 0 saturated heterocycles. The Bertz CT molecular complexity index is 316. The fourth-order valence-corrected chi connectivity index (χ4v) is 2.27. The van der Waals surface area contributed by atoms with Crippen LogP contribution in [0.15, 0.2) is 30.3 Å². The number of rotatable bonds is 8. The van der Waals surface area contributed by atoms with Crippen molar-refractivity contribution < 1.29 is 5.11 Å². The average Bonchev–Trinajstić information content (AvgIpc) is 2.43. The van der Waals surface area contributed by atoms with E-state index in [1.165, 1.54) is 5.56 Å². The van der Waals surface area contributed by atoms with Crippen molar-refractivity contribution in [2.75, 3.05) is 13.2 Å². The largest absolute Gasteiger partial charge is 0.396 e. The summed E-state index contributed by atoms with van der Waals surface area (Å²) < 4.78 is 0. The minimum atomic E-state index is 0.225. The molecule has 3 heteroatoms. The number of hydrogen-bond donors (Lipinski definition) is 3. The molecule has 0 aliphatic rings. The molecule has 1 aromatic rings. The monoisotopic (exact) mass is 250 g/mol. The first-order chi connectivity index (χ1) is 8.72. The summed E-state index contributed by atoms with van der Waals surface area (Å²) in [4.78, 5) is 0. The molecule has 0 fully saturated rings. The van der Waals surface area contributed by atoms with E-state index in [1.807, 2.05) is 6.07 Å². The van der Waals surface area contributed by atoms with Crippen LogP contribution in [0.2, 0.25) is 0 Å². The molecule has 1 aromatic carbocycles. The highest BCUT2D eigenvalue weighted by molar-refractivity contribution is 5.20. The Morgan fingerprint density at radius 3 is 2.44 bits per heavy atom. The summed E-state index contributed by atoms with van der Waals surface area (Å²) >= 11 is 0. The SMILES string of the molecule is CCC(CCO)NC(CN)C(C)c1ccccc1. The smallest absolute Gasteiger partial charge is 0.0445 e. The second kappa shape index (κ2) is 8.25. The molecule has 0 aromatic heterocycles. The van der Waals surface area contributed by atoms with Crippen LogP contribution in [-0.4, -0.2) is 30.3 Å². The molecule has 0 spiro atoms. The predicted molar refractivity (Wildman–Crippen MR) is 76.6 cm³/mol. The van der Waals surface area contributed by atoms with E-state index in [0.717, 1.165) is 12.8 Å². The maximum Gasteiger partial charge on any atom is 0.0445 e. The summed E-state index contributed by atoms with van der Waals surface area (Å²) in [6, 6.07) is 11.0. The van der Waals surface area contributed by atoms with Crippen molar-refractivity contribution in [1.82, 2.24) is 5.32 Å². The van der Waals surface area contributed by atoms with Crippen molar-refractivity contribution in [3.63, 3.8) is 0 Å². The lowest BCUT2D eigenvalue weighted by Gasteiger charge is -2.29. The van der Waals surface area contributed by atoms with Gasteiger partial charge in [0.05, 0.1) is 0 Å². The zero-order chi connectivity index (χ0) is 13.4. The minimum absolute atomic E-state index is 0.225. The highest BCUT2D eigenvalue weighted by Crippen LogP contribution is 2.19. The third-order valence-corrected chi connectivity index (χ3v) is 3.60. The molecule has 3 unspecified atom stereocenters. The van der Waals surface area contributed by atoms with Gasteiger partial charge in [0.15, 0.2) is 0 Å². The van der Waals surface area contributed by atoms with E-state index in [4.69, 9.17) is 10.8 Å². The molecule has 1 rings (SSSR count). The Labute approximate surface area is 110 Å². The topological polar surface area (TPSA) is 58.3 Å². The predicted octanol–water partition coefficient (Wildman–Crippen LogP) is 1.87. The zero-order valence-electron chi connectivity index (χ0n) is 11.5. The van der Waals surface area contributed by atoms with Gasteiger partial charge in [0.1, 0.15) is 0 Å². The number of benzene rings is 1. The Morgan fingerprint density at radius 1 is 1.28 bits per heavy atom. The molecule has 0 saturated carbocycles. The number of hydrogen-bond acceptors (Lipinski definition) is 3. The summed E-state index contributed by atoms with van der Waals surface area (Å²) in [5.41, 5.74) is 7.19. The number of nitrogens with two attached hydrogens (primary N) is 1. The highest BCUT2D eigenvalue weighted by Gasteiger charge is 2.19. The Morgan fingerprint density at radius 2 is 1.94 bits per heavy atom. The minimum Gasteiger partial charge on any atom is -0.396 e. The van der Waals surface area contributed by atoms with Crippen LogP contribution in [0.3, 0.4) is 0 Å². The van der Waals surface area contributed by atoms with Crippen LogP contribution in [0.1, 0.15) is 38.2 Å². The summed E-state index contributed by atoms with van der Waals surface area (Å²) in [6.07, 6.45) is 1.80. The van der Waals surface area contributed by atoms with E-state index in [0.29, 0.717) is 18.5 Å². The van der Waals surface area contributed by atoms with Crippen LogP contribution in [0.25, 0.3) is 0 Å². The molecule has 0 aliphatic heterocycles. The van der Waals surface area contributed by atoms with Gasteiger partial charge in [-0.1, -0.05) is 44.2 Å². The van der Waals surface area contributed by atoms with Gasteiger partial charge in [-0.2, -0.15) is 0 Å². The molecule has 18 heavy (non-hydrogen) atoms. The molecule has 3 atom stereocenters. The first kappa shape index (κ1) is 15.2. The van der Waals surface area contributed by atoms with Gasteiger partial charge in [0.25, 0.3) is 0 Å². The van der Waals surface area contributed by atoms with Crippen LogP contribution in [0, 0.1) is 0 Å². The summed E-state index contributed by atoms with van der Waals surface area (Å²) in [7, 11) is 0. The van der Waals surface area contributed by atoms with E-state index in [1.54, 1.807) is 0 Å². The molecule has 0 radical (unpaired) electrons. The number of aliphatic hydroxyl groups is 1. The van der Waals surface area contributed by atoms with Crippen LogP contribution in [0.5, 0.6) is 0 Å². The van der Waals surface area contributed by atoms with Crippen LogP contribution in [0.4, 0.5) is 0 Å². The van der Waals surface area contributed by atoms with E-state index < -0.39 is 0 Å². The van der Waals surface area contributed by atoms with Crippen LogP contribution >= 0.6 is 0 Å². The quantitative estimate of drug-likeness (QED) is 0.660. The van der Waals surface area contributed by atoms with Gasteiger partial charge in [-0.3, -0.25) is 0 Å². The van der Waals surface area contributed by atoms with Crippen LogP contribution < -0.4 is 11.1 Å². The lowest BCUT2D eigenvalue weighted by Crippen LogP contribution is -2.45. The molecular formula is C15H26N2O. The summed E-state index contributed by atoms with van der Waals surface area (Å²) in [5.74, 6) is 0.379. The van der Waals surface area contributed by atoms with Crippen molar-refractivity contribution in [3.05, 3.63) is 35.9 Å². The highest BCUT2D eigenvalue weighted by atomic mass is 16.3. The first-order valence-electron chi connectivity index (χ1n) is 6.84. The van der Waals surface area contributed by atoms with Gasteiger partial charge in [0, 0.05) is 25.2 Å². The molecule has 0 amide bonds. The molecule has 0 bridgehead atoms. The van der Waals surface area contributed by atoms with Gasteiger partial charge in [-0.25, -0.2) is 0 Å². The summed E-state index contributed by atoms with van der Waals surface area (Å²) in [5, 5.41) is 12.6. The third-order valence-electron chi connectivity index (χ3n) is 3.60. The average molecular weight is 250 g/mol. The molecule has 102 valence electrons. The fourth-order valence-electron chi connectivity index (χ4n) is 2.27. The third kappa shape index (κ3) is 4.41. The van der Waals surface area contributed by atoms with Gasteiger partial charge >= 0.3 is 0 Å². The molecule has 4 N–H and O–H groups in total. The Hall–Kier alpha value is -0.900. The maximum absolute atomic E-state index is 9.04. The molecule has 0 aliphatic carbocycles. The zero-order valence-corrected chi connectivity index (χ0v) is 11.5. The van der Waals surface area contributed by atoms with Crippen molar-refractivity contribution >= 4 is 0 Å². The van der Waals surface area contributed by atoms with Crippen molar-refractivity contribution in [1.29, 1.82) is 0 Å². The van der Waals surface area contributed by atoms with Gasteiger partial charge < -0.3 is 16.2 Å². The van der Waals surface area contributed by atoms with Crippen molar-refractivity contribution in [3.8, 4) is 0 Å². The maximum atomic E-state index is 9.04. The molecule has 0 heterocycles. The van der Waals surface area contributed by atoms with Crippen molar-refractivity contribution in [2.45, 2.75) is 44.7 Å². The van der Waals surface area contributed by atoms with Gasteiger partial charge in [-0.05, 0) is 24.3 Å². The Balaban J connectivity index is 2.65. The van der Waals surface area contributed by atoms with Crippen LogP contribution in [-0.2, 0) is 0 Å². The second-order valence-electron chi connectivity index (χ2n) is 4.83. The summed E-state index contributed by atoms with van der Waals surface area (Å²) in [6.45, 7) is 5.17. The first-order valence-corrected chi connectivity index (χ1v) is 6.84. The molecular weight excluding hydrogens is 224 g/mol. The van der Waals surface area contributed by atoms with Gasteiger partial charge in [-0.15, -0.1) is 0 Å². The number of nitrogens with one attached hydrogen (secondary N) is 1. The second-order valence-corrected chi connectivity index (χ2v) is 4.83. The van der Waals surface area contributed by atoms with E-state index in [9.17, 15) is 0 Å². The van der Waals surface area contributed by atoms with E-state index in [2.05, 4.69) is 43.4 Å². The molecule has 3 nitrogen and oxygen atoms in total. The normalized spacial score (nSPS) is 16.2. The lowest BCUT2D eigenvalue weighted by atomic mass is 9.92. The van der Waals surface area contributed by atoms with E-state index >= 15 is 0 Å². The number of aliphatic hydroxyl groups excluding tert-OH is 1. The van der Waals surface area contributed by atoms with Gasteiger partial charge in [0.2, 0.25) is 0 Å². The lowest BCUT2D eigenvalue weighted by molar-refractivity contribution is 0.251. The van der Waals surface area contributed by atoms with E-state index in [-0.39, 0.29) is 12.6 Å².